The minimum Gasteiger partial charge on any atom is -0.427 e. The Bertz CT molecular complexity index is 322. The number of benzene rings is 1. The van der Waals surface area contributed by atoms with Crippen molar-refractivity contribution in [2.75, 3.05) is 20.0 Å². The third-order valence-corrected chi connectivity index (χ3v) is 3.72. The Labute approximate surface area is 85.6 Å². The lowest BCUT2D eigenvalue weighted by Gasteiger charge is -2.11. The Balaban J connectivity index is 2.84. The van der Waals surface area contributed by atoms with Crippen LogP contribution in [0.4, 0.5) is 0 Å². The summed E-state index contributed by atoms with van der Waals surface area (Å²) < 4.78 is 4.96. The third kappa shape index (κ3) is 3.12. The maximum absolute atomic E-state index is 10.7. The fourth-order valence-electron chi connectivity index (χ4n) is 1.13. The maximum atomic E-state index is 10.7. The summed E-state index contributed by atoms with van der Waals surface area (Å²) in [5.74, 6) is 0.345. The van der Waals surface area contributed by atoms with Crippen LogP contribution >= 0.6 is 7.26 Å². The Kier molecular flexibility index (Phi) is 3.28. The predicted molar refractivity (Wildman–Crippen MR) is 62.1 cm³/mol. The molecule has 0 saturated heterocycles. The van der Waals surface area contributed by atoms with Gasteiger partial charge in [-0.1, -0.05) is 0 Å². The molecule has 0 bridgehead atoms. The molecule has 0 radical (unpaired) electrons. The standard InChI is InChI=1S/C11H16O2P/c1-9(12)13-10-5-7-11(8-6-10)14(2,3)4/h5-8H,1-4H3/q+1. The summed E-state index contributed by atoms with van der Waals surface area (Å²) in [6.07, 6.45) is 0. The van der Waals surface area contributed by atoms with Crippen LogP contribution in [0.2, 0.25) is 0 Å². The van der Waals surface area contributed by atoms with Gasteiger partial charge in [-0.2, -0.15) is 0 Å². The molecule has 0 saturated carbocycles. The van der Waals surface area contributed by atoms with Crippen LogP contribution in [0, 0.1) is 0 Å². The van der Waals surface area contributed by atoms with Gasteiger partial charge in [-0.05, 0) is 24.3 Å². The van der Waals surface area contributed by atoms with Gasteiger partial charge in [0.1, 0.15) is 5.75 Å². The van der Waals surface area contributed by atoms with E-state index in [9.17, 15) is 4.79 Å². The molecule has 0 aliphatic rings. The van der Waals surface area contributed by atoms with Crippen LogP contribution in [0.1, 0.15) is 6.92 Å². The summed E-state index contributed by atoms with van der Waals surface area (Å²) >= 11 is 0. The van der Waals surface area contributed by atoms with Gasteiger partial charge in [-0.15, -0.1) is 0 Å². The first-order valence-corrected chi connectivity index (χ1v) is 7.63. The smallest absolute Gasteiger partial charge is 0.308 e. The molecule has 0 fully saturated rings. The molecule has 0 amide bonds. The van der Waals surface area contributed by atoms with Crippen LogP contribution < -0.4 is 10.0 Å². The first kappa shape index (κ1) is 11.2. The van der Waals surface area contributed by atoms with E-state index in [-0.39, 0.29) is 5.97 Å². The Morgan fingerprint density at radius 3 is 2.00 bits per heavy atom. The highest BCUT2D eigenvalue weighted by molar-refractivity contribution is 7.80. The lowest BCUT2D eigenvalue weighted by Crippen LogP contribution is -2.08. The molecule has 76 valence electrons. The summed E-state index contributed by atoms with van der Waals surface area (Å²) in [7, 11) is -0.963. The molecule has 1 aromatic rings. The topological polar surface area (TPSA) is 26.3 Å². The molecule has 14 heavy (non-hydrogen) atoms. The van der Waals surface area contributed by atoms with Gasteiger partial charge in [0, 0.05) is 14.2 Å². The molecular formula is C11H16O2P+. The van der Waals surface area contributed by atoms with Gasteiger partial charge in [0.25, 0.3) is 0 Å². The molecule has 0 aliphatic heterocycles. The van der Waals surface area contributed by atoms with Crippen LogP contribution in [0.25, 0.3) is 0 Å². The summed E-state index contributed by atoms with van der Waals surface area (Å²) in [5, 5.41) is 1.34. The summed E-state index contributed by atoms with van der Waals surface area (Å²) in [6.45, 7) is 8.18. The molecule has 0 aliphatic carbocycles. The number of carbonyl (C=O) groups excluding carboxylic acids is 1. The lowest BCUT2D eigenvalue weighted by atomic mass is 10.3. The summed E-state index contributed by atoms with van der Waals surface area (Å²) in [4.78, 5) is 10.7. The molecule has 0 spiro atoms. The van der Waals surface area contributed by atoms with Crippen molar-refractivity contribution in [3.05, 3.63) is 24.3 Å². The predicted octanol–water partition coefficient (Wildman–Crippen LogP) is 2.14. The minimum atomic E-state index is -0.963. The molecule has 2 nitrogen and oxygen atoms in total. The van der Waals surface area contributed by atoms with E-state index in [0.717, 1.165) is 0 Å². The largest absolute Gasteiger partial charge is 0.427 e. The van der Waals surface area contributed by atoms with E-state index < -0.39 is 7.26 Å². The maximum Gasteiger partial charge on any atom is 0.308 e. The average Bonchev–Trinajstić information content (AvgIpc) is 2.02. The molecule has 0 unspecified atom stereocenters. The van der Waals surface area contributed by atoms with Gasteiger partial charge < -0.3 is 4.74 Å². The number of hydrogen-bond acceptors (Lipinski definition) is 2. The van der Waals surface area contributed by atoms with Gasteiger partial charge in [0.2, 0.25) is 0 Å². The quantitative estimate of drug-likeness (QED) is 0.425. The zero-order valence-electron chi connectivity index (χ0n) is 9.07. The molecular weight excluding hydrogens is 195 g/mol. The second-order valence-electron chi connectivity index (χ2n) is 4.10. The zero-order valence-corrected chi connectivity index (χ0v) is 9.97. The Morgan fingerprint density at radius 1 is 1.14 bits per heavy atom. The highest BCUT2D eigenvalue weighted by atomic mass is 31.2. The van der Waals surface area contributed by atoms with Crippen molar-refractivity contribution in [1.29, 1.82) is 0 Å². The van der Waals surface area contributed by atoms with E-state index in [4.69, 9.17) is 4.74 Å². The molecule has 1 aromatic carbocycles. The fraction of sp³-hybridized carbons (Fsp3) is 0.364. The first-order chi connectivity index (χ1) is 6.39. The van der Waals surface area contributed by atoms with Crippen molar-refractivity contribution >= 4 is 18.5 Å². The molecule has 0 heterocycles. The molecule has 0 aromatic heterocycles. The number of esters is 1. The number of hydrogen-bond donors (Lipinski definition) is 0. The van der Waals surface area contributed by atoms with Gasteiger partial charge >= 0.3 is 5.97 Å². The van der Waals surface area contributed by atoms with Crippen LogP contribution in [-0.4, -0.2) is 26.0 Å². The van der Waals surface area contributed by atoms with Crippen molar-refractivity contribution in [3.8, 4) is 5.75 Å². The Morgan fingerprint density at radius 2 is 1.64 bits per heavy atom. The van der Waals surface area contributed by atoms with Crippen LogP contribution in [0.3, 0.4) is 0 Å². The normalized spacial score (nSPS) is 11.1. The first-order valence-electron chi connectivity index (χ1n) is 4.50. The fourth-order valence-corrected chi connectivity index (χ4v) is 2.17. The van der Waals surface area contributed by atoms with Crippen LogP contribution in [-0.2, 0) is 4.79 Å². The van der Waals surface area contributed by atoms with Crippen molar-refractivity contribution in [1.82, 2.24) is 0 Å². The third-order valence-electron chi connectivity index (χ3n) is 1.87. The summed E-state index contributed by atoms with van der Waals surface area (Å²) in [6, 6.07) is 7.77. The van der Waals surface area contributed by atoms with E-state index in [1.807, 2.05) is 24.3 Å². The SMILES string of the molecule is CC(=O)Oc1ccc([P+](C)(C)C)cc1. The van der Waals surface area contributed by atoms with Crippen molar-refractivity contribution in [2.45, 2.75) is 6.92 Å². The molecule has 1 rings (SSSR count). The van der Waals surface area contributed by atoms with E-state index in [0.29, 0.717) is 5.75 Å². The van der Waals surface area contributed by atoms with Gasteiger partial charge in [-0.3, -0.25) is 4.79 Å². The minimum absolute atomic E-state index is 0.275. The average molecular weight is 211 g/mol. The number of ether oxygens (including phenoxy) is 1. The van der Waals surface area contributed by atoms with Gasteiger partial charge in [0.05, 0.1) is 25.3 Å². The van der Waals surface area contributed by atoms with E-state index >= 15 is 0 Å². The highest BCUT2D eigenvalue weighted by Gasteiger charge is 2.20. The van der Waals surface area contributed by atoms with Crippen molar-refractivity contribution < 1.29 is 9.53 Å². The molecule has 0 atom stereocenters. The zero-order chi connectivity index (χ0) is 10.8. The van der Waals surface area contributed by atoms with E-state index in [1.54, 1.807) is 0 Å². The summed E-state index contributed by atoms with van der Waals surface area (Å²) in [5.41, 5.74) is 0. The van der Waals surface area contributed by atoms with Crippen LogP contribution in [0.5, 0.6) is 5.75 Å². The van der Waals surface area contributed by atoms with Crippen molar-refractivity contribution in [2.24, 2.45) is 0 Å². The molecule has 3 heteroatoms. The van der Waals surface area contributed by atoms with Crippen LogP contribution in [0.15, 0.2) is 24.3 Å². The van der Waals surface area contributed by atoms with Gasteiger partial charge in [-0.25, -0.2) is 0 Å². The number of rotatable bonds is 2. The van der Waals surface area contributed by atoms with E-state index in [1.165, 1.54) is 12.2 Å². The number of carbonyl (C=O) groups is 1. The Hall–Kier alpha value is -0.880. The van der Waals surface area contributed by atoms with Crippen molar-refractivity contribution in [3.63, 3.8) is 0 Å². The van der Waals surface area contributed by atoms with E-state index in [2.05, 4.69) is 20.0 Å². The monoisotopic (exact) mass is 211 g/mol. The molecule has 0 N–H and O–H groups in total. The second kappa shape index (κ2) is 4.10. The lowest BCUT2D eigenvalue weighted by molar-refractivity contribution is -0.131. The second-order valence-corrected chi connectivity index (χ2v) is 8.64. The van der Waals surface area contributed by atoms with Gasteiger partial charge in [0.15, 0.2) is 0 Å². The highest BCUT2D eigenvalue weighted by Crippen LogP contribution is 2.44.